The molecule has 3 atom stereocenters. The van der Waals surface area contributed by atoms with Crippen LogP contribution in [0.15, 0.2) is 170 Å². The van der Waals surface area contributed by atoms with Gasteiger partial charge in [-0.15, -0.1) is 0 Å². The standard InChI is InChI=1S/C25H32F2N4O2.C18H21BrF2N2O2.C14H14F2N2O2.C13H16N2.C6H6.C4H8Br2.HI.Na/c1-16-23(25(32)33-3)24(19-8-11-21(26)22(27)14-19)31(17(2)30-16)13-5-4-12-29-20-9-6-18(15-28)7-10-20;1-11-16(18(24)25-3)17(13-6-7-14(20)15(21)10-13)23(12(2)22-11)9-5-4-8-19;1-7-12(14(19)20-3)13(18-8(2)17-7)9-4-5-10(15)11(16)6-9;14-10-13(8-6-12(15)7-9-13)11-4-2-1-3-5-11;1-2-4-6-5-3-1;5-3-1-2-4-6;;/h8,11,14,18,20,24,29H,4-7,9-10,12-13H2,1-3H3;6-7,10,17H,4-5,8-9H2,1-3H3;4-6,13H,1-3H3,(H,17,18);1-5,12H,6-9,15H2;1-6H;1-4H2;1H;/q;;;;;;;+1/p-1. The number of allylic oxidation sites excluding steroid dienone is 3. The summed E-state index contributed by atoms with van der Waals surface area (Å²) >= 11 is 10.1. The fourth-order valence-corrected chi connectivity index (χ4v) is 14.0. The second kappa shape index (κ2) is 49.8. The fraction of sp³-hybridized carbons (Fsp3) is 0.450. The number of halogens is 10. The molecule has 4 N–H and O–H groups in total. The first kappa shape index (κ1) is 95.0. The molecule has 0 spiro atoms. The minimum Gasteiger partial charge on any atom is -1.00 e. The maximum atomic E-state index is 14.1. The second-order valence-electron chi connectivity index (χ2n) is 25.7. The zero-order valence-electron chi connectivity index (χ0n) is 62.6. The number of nitriles is 2. The molecule has 5 aliphatic rings. The number of amidine groups is 3. The third-order valence-electron chi connectivity index (χ3n) is 18.4. The number of nitrogens with one attached hydrogen (secondary N) is 2. The Kier molecular flexibility index (Phi) is 44.2. The number of nitrogens with zero attached hydrogens (tertiary/aromatic N) is 7. The Morgan fingerprint density at radius 1 is 0.561 bits per heavy atom. The number of esters is 3. The number of hydrogen-bond donors (Lipinski definition) is 3. The predicted octanol–water partition coefficient (Wildman–Crippen LogP) is 12.1. The number of benzene rings is 5. The Hall–Kier alpha value is -6.21. The number of carbonyl (C=O) groups excluding carboxylic acids is 3. The first-order valence-corrected chi connectivity index (χ1v) is 38.4. The summed E-state index contributed by atoms with van der Waals surface area (Å²) in [6.45, 7) is 12.7. The summed E-state index contributed by atoms with van der Waals surface area (Å²) in [5.74, 6) is -5.04. The number of methoxy groups -OCH3 is 3. The molecule has 16 nitrogen and oxygen atoms in total. The van der Waals surface area contributed by atoms with Crippen LogP contribution < -0.4 is 69.9 Å². The summed E-state index contributed by atoms with van der Waals surface area (Å²) in [5.41, 5.74) is 10.7. The average Bonchev–Trinajstić information content (AvgIpc) is 0.779. The van der Waals surface area contributed by atoms with Crippen LogP contribution in [0.4, 0.5) is 26.3 Å². The van der Waals surface area contributed by atoms with Crippen LogP contribution in [-0.4, -0.2) is 114 Å². The van der Waals surface area contributed by atoms with Gasteiger partial charge in [-0.1, -0.05) is 133 Å². The largest absolute Gasteiger partial charge is 1.00 e. The maximum Gasteiger partial charge on any atom is 1.00 e. The summed E-state index contributed by atoms with van der Waals surface area (Å²) in [6.07, 6.45) is 13.8. The van der Waals surface area contributed by atoms with E-state index in [2.05, 4.69) is 97.7 Å². The van der Waals surface area contributed by atoms with Gasteiger partial charge < -0.3 is 64.4 Å². The van der Waals surface area contributed by atoms with Crippen molar-refractivity contribution in [3.05, 3.63) is 212 Å². The van der Waals surface area contributed by atoms with Gasteiger partial charge in [0, 0.05) is 52.8 Å². The van der Waals surface area contributed by atoms with E-state index in [9.17, 15) is 46.0 Å². The number of aliphatic imine (C=N–C) groups is 3. The third kappa shape index (κ3) is 28.9. The summed E-state index contributed by atoms with van der Waals surface area (Å²) < 4.78 is 95.8. The van der Waals surface area contributed by atoms with Crippen molar-refractivity contribution < 1.29 is 108 Å². The normalized spacial score (nSPS) is 20.0. The molecule has 2 fully saturated rings. The summed E-state index contributed by atoms with van der Waals surface area (Å²) in [5, 5.41) is 28.1. The van der Waals surface area contributed by atoms with Gasteiger partial charge >= 0.3 is 47.5 Å². The Morgan fingerprint density at radius 3 is 1.36 bits per heavy atom. The van der Waals surface area contributed by atoms with Crippen LogP contribution >= 0.6 is 47.8 Å². The number of ether oxygens (including phenoxy) is 3. The van der Waals surface area contributed by atoms with E-state index in [4.69, 9.17) is 25.2 Å². The number of nitrogens with two attached hydrogens (primary N) is 1. The van der Waals surface area contributed by atoms with E-state index in [0.29, 0.717) is 69.9 Å². The summed E-state index contributed by atoms with van der Waals surface area (Å²) in [4.78, 5) is 54.0. The molecule has 0 bridgehead atoms. The van der Waals surface area contributed by atoms with Gasteiger partial charge in [0.25, 0.3) is 0 Å². The SMILES string of the molecule is BrCCCCBr.COC(=O)C1=C(C)N=C(C)N(CCCCBr)C1c1ccc(F)c(F)c1.COC(=O)C1=C(C)N=C(C)N(CCCCNC2CCC(C#N)CC2)C1c1ccc(F)c(F)c1.COC(=O)C1=C(C)NC(C)=NC1c1ccc(F)c(F)c1.N#CC1(c2ccccc2)CCC(N)CC1.[I-].[Na+].c1ccccc1. The third-order valence-corrected chi connectivity index (χ3v) is 20.0. The van der Waals surface area contributed by atoms with E-state index in [0.717, 1.165) is 153 Å². The van der Waals surface area contributed by atoms with Gasteiger partial charge in [0.2, 0.25) is 0 Å². The van der Waals surface area contributed by atoms with E-state index in [1.165, 1.54) is 52.4 Å². The van der Waals surface area contributed by atoms with Crippen molar-refractivity contribution >= 4 is 83.2 Å². The molecule has 3 heterocycles. The molecule has 5 aromatic rings. The summed E-state index contributed by atoms with van der Waals surface area (Å²) in [7, 11) is 3.86. The van der Waals surface area contributed by atoms with Crippen molar-refractivity contribution in [1.82, 2.24) is 20.4 Å². The summed E-state index contributed by atoms with van der Waals surface area (Å²) in [6, 6.07) is 36.7. The van der Waals surface area contributed by atoms with Crippen LogP contribution in [0.1, 0.15) is 172 Å². The Labute approximate surface area is 691 Å². The topological polar surface area (TPSA) is 220 Å². The van der Waals surface area contributed by atoms with Crippen LogP contribution in [-0.2, 0) is 34.0 Å². The zero-order chi connectivity index (χ0) is 77.2. The Morgan fingerprint density at radius 2 is 0.953 bits per heavy atom. The molecule has 3 aliphatic heterocycles. The number of unbranched alkanes of at least 4 members (excludes halogenated alkanes) is 3. The van der Waals surface area contributed by atoms with Crippen LogP contribution in [0.2, 0.25) is 0 Å². The fourth-order valence-electron chi connectivity index (χ4n) is 12.8. The van der Waals surface area contributed by atoms with Gasteiger partial charge in [-0.2, -0.15) is 10.5 Å². The van der Waals surface area contributed by atoms with Gasteiger partial charge in [0.15, 0.2) is 34.9 Å². The van der Waals surface area contributed by atoms with E-state index in [1.54, 1.807) is 27.7 Å². The quantitative estimate of drug-likeness (QED) is 0.0126. The van der Waals surface area contributed by atoms with Crippen molar-refractivity contribution in [1.29, 1.82) is 10.5 Å². The molecule has 0 aromatic heterocycles. The second-order valence-corrected chi connectivity index (χ2v) is 28.0. The smallest absolute Gasteiger partial charge is 1.00 e. The molecule has 0 amide bonds. The number of carbonyl (C=O) groups is 3. The van der Waals surface area contributed by atoms with Crippen LogP contribution in [0, 0.1) is 63.5 Å². The minimum absolute atomic E-state index is 0. The predicted molar refractivity (Wildman–Crippen MR) is 412 cm³/mol. The molecule has 27 heteroatoms. The van der Waals surface area contributed by atoms with Gasteiger partial charge in [-0.25, -0.2) is 50.7 Å². The van der Waals surface area contributed by atoms with E-state index in [1.807, 2.05) is 78.2 Å². The van der Waals surface area contributed by atoms with Crippen LogP contribution in [0.3, 0.4) is 0 Å². The molecular formula is C80H97Br3F6IN10NaO6. The van der Waals surface area contributed by atoms with Crippen molar-refractivity contribution in [3.8, 4) is 12.1 Å². The van der Waals surface area contributed by atoms with Gasteiger partial charge in [-0.05, 0) is 197 Å². The Bertz CT molecular complexity index is 3910. The molecule has 2 saturated carbocycles. The molecule has 0 radical (unpaired) electrons. The van der Waals surface area contributed by atoms with E-state index >= 15 is 0 Å². The Balaban J connectivity index is 0.000000358. The molecule has 10 rings (SSSR count). The average molecular weight is 1800 g/mol. The monoisotopic (exact) mass is 1790 g/mol. The van der Waals surface area contributed by atoms with Crippen molar-refractivity contribution in [2.45, 2.75) is 167 Å². The maximum absolute atomic E-state index is 14.1. The van der Waals surface area contributed by atoms with Gasteiger partial charge in [-0.3, -0.25) is 4.99 Å². The molecule has 5 aromatic carbocycles. The molecule has 0 saturated heterocycles. The number of hydrogen-bond acceptors (Lipinski definition) is 16. The van der Waals surface area contributed by atoms with Gasteiger partial charge in [0.1, 0.15) is 17.7 Å². The van der Waals surface area contributed by atoms with Crippen molar-refractivity contribution in [2.75, 3.05) is 57.0 Å². The molecule has 3 unspecified atom stereocenters. The van der Waals surface area contributed by atoms with Crippen LogP contribution in [0.25, 0.3) is 0 Å². The van der Waals surface area contributed by atoms with E-state index in [-0.39, 0.29) is 76.5 Å². The number of rotatable bonds is 20. The number of alkyl halides is 3. The first-order valence-electron chi connectivity index (χ1n) is 35.1. The van der Waals surface area contributed by atoms with Gasteiger partial charge in [0.05, 0.1) is 84.9 Å². The van der Waals surface area contributed by atoms with Crippen molar-refractivity contribution in [3.63, 3.8) is 0 Å². The molecule has 574 valence electrons. The first-order chi connectivity index (χ1) is 50.4. The molecule has 107 heavy (non-hydrogen) atoms. The molecular weight excluding hydrogens is 1700 g/mol. The van der Waals surface area contributed by atoms with E-state index < -0.39 is 70.9 Å². The minimum atomic E-state index is -0.976. The molecule has 2 aliphatic carbocycles. The van der Waals surface area contributed by atoms with Crippen molar-refractivity contribution in [2.24, 2.45) is 26.6 Å². The zero-order valence-corrected chi connectivity index (χ0v) is 71.5. The van der Waals surface area contributed by atoms with Crippen LogP contribution in [0.5, 0.6) is 0 Å².